The summed E-state index contributed by atoms with van der Waals surface area (Å²) in [5.41, 5.74) is 1.77. The van der Waals surface area contributed by atoms with Crippen molar-refractivity contribution in [2.24, 2.45) is 0 Å². The minimum Gasteiger partial charge on any atom is -0.380 e. The summed E-state index contributed by atoms with van der Waals surface area (Å²) in [7, 11) is 0. The van der Waals surface area contributed by atoms with E-state index >= 15 is 0 Å². The van der Waals surface area contributed by atoms with Gasteiger partial charge in [-0.1, -0.05) is 41.4 Å². The van der Waals surface area contributed by atoms with Crippen molar-refractivity contribution in [3.63, 3.8) is 0 Å². The molecule has 0 aliphatic heterocycles. The summed E-state index contributed by atoms with van der Waals surface area (Å²) in [6.45, 7) is 0. The third-order valence-corrected chi connectivity index (χ3v) is 4.33. The largest absolute Gasteiger partial charge is 0.380 e. The highest BCUT2D eigenvalue weighted by molar-refractivity contribution is 6.31. The molecule has 1 nitrogen and oxygen atoms in total. The van der Waals surface area contributed by atoms with E-state index in [0.29, 0.717) is 17.6 Å². The molecule has 2 aromatic rings. The fraction of sp³-hybridized carbons (Fsp3) is 0.250. The van der Waals surface area contributed by atoms with Crippen molar-refractivity contribution in [1.29, 1.82) is 0 Å². The van der Waals surface area contributed by atoms with Crippen LogP contribution in [0.1, 0.15) is 24.3 Å². The highest BCUT2D eigenvalue weighted by atomic mass is 35.5. The van der Waals surface area contributed by atoms with Crippen LogP contribution in [0.4, 0.5) is 10.1 Å². The smallest absolute Gasteiger partial charge is 0.164 e. The average molecular weight is 310 g/mol. The van der Waals surface area contributed by atoms with Crippen molar-refractivity contribution in [2.75, 3.05) is 5.32 Å². The topological polar surface area (TPSA) is 12.0 Å². The highest BCUT2D eigenvalue weighted by Gasteiger charge is 2.30. The van der Waals surface area contributed by atoms with Gasteiger partial charge in [-0.25, -0.2) is 4.39 Å². The highest BCUT2D eigenvalue weighted by Crippen LogP contribution is 2.39. The Hall–Kier alpha value is -1.25. The average Bonchev–Trinajstić information content (AvgIpc) is 2.39. The van der Waals surface area contributed by atoms with Crippen LogP contribution in [0.2, 0.25) is 10.0 Å². The number of halogens is 3. The van der Waals surface area contributed by atoms with E-state index in [1.165, 1.54) is 5.56 Å². The van der Waals surface area contributed by atoms with Gasteiger partial charge in [0, 0.05) is 11.1 Å². The van der Waals surface area contributed by atoms with Gasteiger partial charge >= 0.3 is 0 Å². The summed E-state index contributed by atoms with van der Waals surface area (Å²) in [5, 5.41) is 4.12. The van der Waals surface area contributed by atoms with Gasteiger partial charge in [-0.15, -0.1) is 0 Å². The Morgan fingerprint density at radius 2 is 1.70 bits per heavy atom. The van der Waals surface area contributed by atoms with Gasteiger partial charge in [0.2, 0.25) is 0 Å². The molecule has 1 aliphatic rings. The summed E-state index contributed by atoms with van der Waals surface area (Å²) in [6.07, 6.45) is 1.99. The number of nitrogens with one attached hydrogen (secondary N) is 1. The Kier molecular flexibility index (Phi) is 3.86. The molecule has 1 aliphatic carbocycles. The van der Waals surface area contributed by atoms with Crippen molar-refractivity contribution in [1.82, 2.24) is 0 Å². The van der Waals surface area contributed by atoms with Crippen LogP contribution in [0.5, 0.6) is 0 Å². The lowest BCUT2D eigenvalue weighted by Gasteiger charge is -2.37. The van der Waals surface area contributed by atoms with Crippen LogP contribution in [0, 0.1) is 5.82 Å². The van der Waals surface area contributed by atoms with Crippen molar-refractivity contribution < 1.29 is 4.39 Å². The van der Waals surface area contributed by atoms with E-state index in [9.17, 15) is 4.39 Å². The van der Waals surface area contributed by atoms with Crippen LogP contribution in [0.3, 0.4) is 0 Å². The molecule has 1 saturated carbocycles. The van der Waals surface area contributed by atoms with Crippen LogP contribution in [-0.2, 0) is 0 Å². The number of rotatable bonds is 3. The maximum atomic E-state index is 13.8. The molecule has 1 fully saturated rings. The molecule has 0 saturated heterocycles. The van der Waals surface area contributed by atoms with Gasteiger partial charge in [-0.2, -0.15) is 0 Å². The lowest BCUT2D eigenvalue weighted by atomic mass is 9.76. The predicted molar refractivity (Wildman–Crippen MR) is 82.2 cm³/mol. The molecular formula is C16H14Cl2FN. The van der Waals surface area contributed by atoms with E-state index in [-0.39, 0.29) is 10.8 Å². The molecule has 0 amide bonds. The SMILES string of the molecule is Fc1c(Cl)cccc1NC1CC(c2ccc(Cl)cc2)C1. The lowest BCUT2D eigenvalue weighted by molar-refractivity contribution is 0.373. The summed E-state index contributed by atoms with van der Waals surface area (Å²) in [5.74, 6) is 0.149. The maximum absolute atomic E-state index is 13.8. The van der Waals surface area contributed by atoms with Gasteiger partial charge in [0.25, 0.3) is 0 Å². The Morgan fingerprint density at radius 3 is 2.40 bits per heavy atom. The van der Waals surface area contributed by atoms with Gasteiger partial charge in [-0.3, -0.25) is 0 Å². The van der Waals surface area contributed by atoms with Gasteiger partial charge in [0.05, 0.1) is 10.7 Å². The van der Waals surface area contributed by atoms with Gasteiger partial charge < -0.3 is 5.32 Å². The molecular weight excluding hydrogens is 296 g/mol. The van der Waals surface area contributed by atoms with Crippen molar-refractivity contribution in [3.8, 4) is 0 Å². The molecule has 1 N–H and O–H groups in total. The Morgan fingerprint density at radius 1 is 1.00 bits per heavy atom. The normalized spacial score (nSPS) is 21.4. The Bertz CT molecular complexity index is 606. The van der Waals surface area contributed by atoms with Crippen LogP contribution in [0.25, 0.3) is 0 Å². The van der Waals surface area contributed by atoms with Crippen LogP contribution >= 0.6 is 23.2 Å². The molecule has 0 atom stereocenters. The first-order valence-electron chi connectivity index (χ1n) is 6.59. The second kappa shape index (κ2) is 5.63. The monoisotopic (exact) mass is 309 g/mol. The third kappa shape index (κ3) is 2.77. The predicted octanol–water partition coefficient (Wildman–Crippen LogP) is 5.49. The number of anilines is 1. The Labute approximate surface area is 127 Å². The molecule has 2 aromatic carbocycles. The lowest BCUT2D eigenvalue weighted by Crippen LogP contribution is -2.34. The van der Waals surface area contributed by atoms with Crippen LogP contribution < -0.4 is 5.32 Å². The van der Waals surface area contributed by atoms with Crippen molar-refractivity contribution >= 4 is 28.9 Å². The zero-order valence-corrected chi connectivity index (χ0v) is 12.3. The summed E-state index contributed by atoms with van der Waals surface area (Å²) in [4.78, 5) is 0. The van der Waals surface area contributed by atoms with Crippen molar-refractivity contribution in [3.05, 3.63) is 63.9 Å². The van der Waals surface area contributed by atoms with Crippen LogP contribution in [0.15, 0.2) is 42.5 Å². The Balaban J connectivity index is 1.61. The van der Waals surface area contributed by atoms with E-state index in [2.05, 4.69) is 17.4 Å². The quantitative estimate of drug-likeness (QED) is 0.790. The van der Waals surface area contributed by atoms with Gasteiger partial charge in [-0.05, 0) is 48.6 Å². The second-order valence-electron chi connectivity index (χ2n) is 5.16. The fourth-order valence-corrected chi connectivity index (χ4v) is 2.88. The summed E-state index contributed by atoms with van der Waals surface area (Å²) >= 11 is 11.6. The first kappa shape index (κ1) is 13.7. The van der Waals surface area contributed by atoms with E-state index in [0.717, 1.165) is 17.9 Å². The molecule has 0 bridgehead atoms. The zero-order valence-electron chi connectivity index (χ0n) is 10.7. The molecule has 20 heavy (non-hydrogen) atoms. The number of hydrogen-bond acceptors (Lipinski definition) is 1. The summed E-state index contributed by atoms with van der Waals surface area (Å²) < 4.78 is 13.8. The maximum Gasteiger partial charge on any atom is 0.164 e. The molecule has 4 heteroatoms. The number of hydrogen-bond donors (Lipinski definition) is 1. The molecule has 0 aromatic heterocycles. The molecule has 0 unspecified atom stereocenters. The third-order valence-electron chi connectivity index (χ3n) is 3.79. The van der Waals surface area contributed by atoms with Crippen molar-refractivity contribution in [2.45, 2.75) is 24.8 Å². The molecule has 3 rings (SSSR count). The van der Waals surface area contributed by atoms with E-state index in [1.807, 2.05) is 12.1 Å². The zero-order chi connectivity index (χ0) is 14.1. The molecule has 0 radical (unpaired) electrons. The van der Waals surface area contributed by atoms with Gasteiger partial charge in [0.1, 0.15) is 0 Å². The second-order valence-corrected chi connectivity index (χ2v) is 6.01. The first-order chi connectivity index (χ1) is 9.63. The first-order valence-corrected chi connectivity index (χ1v) is 7.35. The summed E-state index contributed by atoms with van der Waals surface area (Å²) in [6, 6.07) is 13.3. The fourth-order valence-electron chi connectivity index (χ4n) is 2.58. The standard InChI is InChI=1S/C16H14Cl2FN/c17-12-6-4-10(5-7-12)11-8-13(9-11)20-15-3-1-2-14(18)16(15)19/h1-7,11,13,20H,8-9H2. The van der Waals surface area contributed by atoms with Gasteiger partial charge in [0.15, 0.2) is 5.82 Å². The number of benzene rings is 2. The van der Waals surface area contributed by atoms with E-state index in [4.69, 9.17) is 23.2 Å². The van der Waals surface area contributed by atoms with E-state index in [1.54, 1.807) is 18.2 Å². The molecule has 104 valence electrons. The molecule has 0 spiro atoms. The minimum absolute atomic E-state index is 0.156. The van der Waals surface area contributed by atoms with Crippen LogP contribution in [-0.4, -0.2) is 6.04 Å². The van der Waals surface area contributed by atoms with E-state index < -0.39 is 0 Å². The molecule has 0 heterocycles. The minimum atomic E-state index is -0.371.